The molecule has 1 heterocycles. The monoisotopic (exact) mass is 245 g/mol. The van der Waals surface area contributed by atoms with Crippen LogP contribution in [0.3, 0.4) is 0 Å². The fourth-order valence-electron chi connectivity index (χ4n) is 2.54. The number of nitriles is 1. The summed E-state index contributed by atoms with van der Waals surface area (Å²) < 4.78 is 0. The summed E-state index contributed by atoms with van der Waals surface area (Å²) in [5.41, 5.74) is 1.76. The van der Waals surface area contributed by atoms with Crippen molar-refractivity contribution in [3.63, 3.8) is 0 Å². The summed E-state index contributed by atoms with van der Waals surface area (Å²) in [6.07, 6.45) is 0.679. The van der Waals surface area contributed by atoms with E-state index in [1.54, 1.807) is 0 Å². The minimum Gasteiger partial charge on any atom is -0.396 e. The van der Waals surface area contributed by atoms with Gasteiger partial charge in [0, 0.05) is 38.8 Å². The van der Waals surface area contributed by atoms with Crippen molar-refractivity contribution in [1.29, 1.82) is 5.26 Å². The van der Waals surface area contributed by atoms with Gasteiger partial charge < -0.3 is 10.4 Å². The van der Waals surface area contributed by atoms with Gasteiger partial charge in [0.25, 0.3) is 0 Å². The predicted molar refractivity (Wildman–Crippen MR) is 70.0 cm³/mol. The first-order valence-corrected chi connectivity index (χ1v) is 6.41. The zero-order valence-corrected chi connectivity index (χ0v) is 10.5. The van der Waals surface area contributed by atoms with Crippen molar-refractivity contribution in [2.45, 2.75) is 12.5 Å². The van der Waals surface area contributed by atoms with Crippen LogP contribution < -0.4 is 5.32 Å². The Morgan fingerprint density at radius 3 is 2.72 bits per heavy atom. The lowest BCUT2D eigenvalue weighted by Crippen LogP contribution is -2.45. The Morgan fingerprint density at radius 2 is 2.06 bits per heavy atom. The highest BCUT2D eigenvalue weighted by atomic mass is 16.3. The highest BCUT2D eigenvalue weighted by molar-refractivity contribution is 5.39. The third kappa shape index (κ3) is 2.88. The van der Waals surface area contributed by atoms with Crippen LogP contribution in [0.5, 0.6) is 0 Å². The molecule has 0 unspecified atom stereocenters. The molecule has 2 N–H and O–H groups in total. The molecule has 18 heavy (non-hydrogen) atoms. The first-order valence-electron chi connectivity index (χ1n) is 6.41. The maximum Gasteiger partial charge on any atom is 0.0995 e. The minimum atomic E-state index is 0.146. The average Bonchev–Trinajstić information content (AvgIpc) is 2.46. The van der Waals surface area contributed by atoms with Crippen molar-refractivity contribution in [2.75, 3.05) is 32.8 Å². The molecule has 1 aromatic rings. The molecular weight excluding hydrogens is 226 g/mol. The van der Waals surface area contributed by atoms with Crippen LogP contribution in [0.1, 0.15) is 23.6 Å². The van der Waals surface area contributed by atoms with Gasteiger partial charge in [0.15, 0.2) is 0 Å². The summed E-state index contributed by atoms with van der Waals surface area (Å²) in [5.74, 6) is 0. The summed E-state index contributed by atoms with van der Waals surface area (Å²) in [7, 11) is 0. The molecule has 1 atom stereocenters. The Kier molecular flexibility index (Phi) is 4.71. The van der Waals surface area contributed by atoms with E-state index in [1.807, 2.05) is 24.3 Å². The van der Waals surface area contributed by atoms with Crippen LogP contribution in [-0.2, 0) is 0 Å². The van der Waals surface area contributed by atoms with Gasteiger partial charge in [0.2, 0.25) is 0 Å². The topological polar surface area (TPSA) is 59.3 Å². The predicted octanol–water partition coefficient (Wildman–Crippen LogP) is 0.887. The third-order valence-corrected chi connectivity index (χ3v) is 3.44. The molecule has 0 amide bonds. The standard InChI is InChI=1S/C14H19N3O/c15-11-12-3-1-2-4-13(12)14(5-10-18)17-8-6-16-7-9-17/h1-4,14,16,18H,5-10H2/t14-/m1/s1. The molecule has 96 valence electrons. The molecule has 1 saturated heterocycles. The van der Waals surface area contributed by atoms with E-state index in [1.165, 1.54) is 0 Å². The molecule has 4 nitrogen and oxygen atoms in total. The number of hydrogen-bond donors (Lipinski definition) is 2. The van der Waals surface area contributed by atoms with Crippen LogP contribution in [0.4, 0.5) is 0 Å². The van der Waals surface area contributed by atoms with E-state index in [9.17, 15) is 10.4 Å². The SMILES string of the molecule is N#Cc1ccccc1[C@@H](CCO)N1CCNCC1. The van der Waals surface area contributed by atoms with Crippen molar-refractivity contribution in [3.05, 3.63) is 35.4 Å². The third-order valence-electron chi connectivity index (χ3n) is 3.44. The zero-order chi connectivity index (χ0) is 12.8. The fraction of sp³-hybridized carbons (Fsp3) is 0.500. The Hall–Kier alpha value is -1.41. The number of benzene rings is 1. The summed E-state index contributed by atoms with van der Waals surface area (Å²) >= 11 is 0. The molecule has 0 bridgehead atoms. The van der Waals surface area contributed by atoms with Crippen LogP contribution in [0.15, 0.2) is 24.3 Å². The number of piperazine rings is 1. The highest BCUT2D eigenvalue weighted by Gasteiger charge is 2.23. The molecule has 1 aliphatic rings. The molecule has 0 aliphatic carbocycles. The van der Waals surface area contributed by atoms with Gasteiger partial charge >= 0.3 is 0 Å². The molecule has 0 radical (unpaired) electrons. The van der Waals surface area contributed by atoms with E-state index < -0.39 is 0 Å². The average molecular weight is 245 g/mol. The molecule has 4 heteroatoms. The summed E-state index contributed by atoms with van der Waals surface area (Å²) in [4.78, 5) is 2.35. The Labute approximate surface area is 108 Å². The smallest absolute Gasteiger partial charge is 0.0995 e. The van der Waals surface area contributed by atoms with Crippen LogP contribution in [-0.4, -0.2) is 42.8 Å². The molecule has 1 aliphatic heterocycles. The molecule has 0 spiro atoms. The lowest BCUT2D eigenvalue weighted by molar-refractivity contribution is 0.141. The van der Waals surface area contributed by atoms with Gasteiger partial charge in [-0.25, -0.2) is 0 Å². The van der Waals surface area contributed by atoms with E-state index in [0.717, 1.165) is 37.3 Å². The lowest BCUT2D eigenvalue weighted by atomic mass is 9.97. The molecule has 2 rings (SSSR count). The Morgan fingerprint density at radius 1 is 1.33 bits per heavy atom. The van der Waals surface area contributed by atoms with Crippen molar-refractivity contribution < 1.29 is 5.11 Å². The Balaban J connectivity index is 2.25. The maximum atomic E-state index is 9.27. The molecular formula is C14H19N3O. The van der Waals surface area contributed by atoms with Crippen molar-refractivity contribution >= 4 is 0 Å². The van der Waals surface area contributed by atoms with Gasteiger partial charge in [-0.05, 0) is 18.1 Å². The van der Waals surface area contributed by atoms with Crippen LogP contribution >= 0.6 is 0 Å². The largest absolute Gasteiger partial charge is 0.396 e. The molecule has 0 aromatic heterocycles. The van der Waals surface area contributed by atoms with E-state index in [0.29, 0.717) is 6.42 Å². The fourth-order valence-corrected chi connectivity index (χ4v) is 2.54. The second kappa shape index (κ2) is 6.50. The lowest BCUT2D eigenvalue weighted by Gasteiger charge is -2.35. The number of rotatable bonds is 4. The molecule has 1 fully saturated rings. The first kappa shape index (κ1) is 13.0. The number of nitrogens with zero attached hydrogens (tertiary/aromatic N) is 2. The van der Waals surface area contributed by atoms with E-state index in [2.05, 4.69) is 16.3 Å². The van der Waals surface area contributed by atoms with Crippen LogP contribution in [0.2, 0.25) is 0 Å². The normalized spacial score (nSPS) is 18.2. The van der Waals surface area contributed by atoms with E-state index in [4.69, 9.17) is 0 Å². The zero-order valence-electron chi connectivity index (χ0n) is 10.5. The molecule has 0 saturated carbocycles. The van der Waals surface area contributed by atoms with Gasteiger partial charge in [-0.2, -0.15) is 5.26 Å². The van der Waals surface area contributed by atoms with Crippen molar-refractivity contribution in [1.82, 2.24) is 10.2 Å². The van der Waals surface area contributed by atoms with Crippen LogP contribution in [0, 0.1) is 11.3 Å². The van der Waals surface area contributed by atoms with Gasteiger partial charge in [0.05, 0.1) is 11.6 Å². The second-order valence-electron chi connectivity index (χ2n) is 4.51. The summed E-state index contributed by atoms with van der Waals surface area (Å²) in [5, 5.41) is 21.8. The number of aliphatic hydroxyl groups is 1. The van der Waals surface area contributed by atoms with E-state index >= 15 is 0 Å². The minimum absolute atomic E-state index is 0.146. The van der Waals surface area contributed by atoms with Crippen molar-refractivity contribution in [3.8, 4) is 6.07 Å². The van der Waals surface area contributed by atoms with Gasteiger partial charge in [-0.15, -0.1) is 0 Å². The second-order valence-corrected chi connectivity index (χ2v) is 4.51. The number of hydrogen-bond acceptors (Lipinski definition) is 4. The number of nitrogens with one attached hydrogen (secondary N) is 1. The molecule has 1 aromatic carbocycles. The Bertz CT molecular complexity index is 421. The number of aliphatic hydroxyl groups excluding tert-OH is 1. The summed E-state index contributed by atoms with van der Waals surface area (Å²) in [6.45, 7) is 4.01. The summed E-state index contributed by atoms with van der Waals surface area (Å²) in [6, 6.07) is 10.1. The van der Waals surface area contributed by atoms with Crippen LogP contribution in [0.25, 0.3) is 0 Å². The first-order chi connectivity index (χ1) is 8.86. The van der Waals surface area contributed by atoms with Gasteiger partial charge in [-0.1, -0.05) is 18.2 Å². The highest BCUT2D eigenvalue weighted by Crippen LogP contribution is 2.27. The van der Waals surface area contributed by atoms with Gasteiger partial charge in [0.1, 0.15) is 0 Å². The van der Waals surface area contributed by atoms with Gasteiger partial charge in [-0.3, -0.25) is 4.90 Å². The quantitative estimate of drug-likeness (QED) is 0.827. The maximum absolute atomic E-state index is 9.27. The van der Waals surface area contributed by atoms with E-state index in [-0.39, 0.29) is 12.6 Å². The van der Waals surface area contributed by atoms with Crippen molar-refractivity contribution in [2.24, 2.45) is 0 Å².